The molecule has 2 aliphatic heterocycles. The molecule has 0 atom stereocenters. The van der Waals surface area contributed by atoms with Crippen LogP contribution in [0, 0.1) is 5.92 Å². The number of hydrogen-bond acceptors (Lipinski definition) is 4. The van der Waals surface area contributed by atoms with E-state index >= 15 is 0 Å². The molecule has 0 spiro atoms. The highest BCUT2D eigenvalue weighted by atomic mass is 16.5. The van der Waals surface area contributed by atoms with Crippen molar-refractivity contribution < 1.29 is 9.84 Å². The van der Waals surface area contributed by atoms with Crippen LogP contribution in [0.15, 0.2) is 0 Å². The molecule has 2 aliphatic rings. The van der Waals surface area contributed by atoms with Crippen molar-refractivity contribution in [3.8, 4) is 0 Å². The maximum absolute atomic E-state index is 9.59. The van der Waals surface area contributed by atoms with Crippen LogP contribution in [0.4, 0.5) is 0 Å². The highest BCUT2D eigenvalue weighted by Crippen LogP contribution is 2.22. The summed E-state index contributed by atoms with van der Waals surface area (Å²) in [5.74, 6) is 0.775. The lowest BCUT2D eigenvalue weighted by atomic mass is 9.89. The van der Waals surface area contributed by atoms with Crippen molar-refractivity contribution in [3.63, 3.8) is 0 Å². The molecule has 2 saturated heterocycles. The van der Waals surface area contributed by atoms with Gasteiger partial charge in [0.25, 0.3) is 0 Å². The largest absolute Gasteiger partial charge is 0.394 e. The molecule has 0 amide bonds. The molecule has 2 rings (SSSR count). The quantitative estimate of drug-likeness (QED) is 0.752. The number of rotatable bonds is 4. The van der Waals surface area contributed by atoms with Crippen LogP contribution in [0.5, 0.6) is 0 Å². The molecule has 0 unspecified atom stereocenters. The van der Waals surface area contributed by atoms with Crippen molar-refractivity contribution in [1.29, 1.82) is 0 Å². The van der Waals surface area contributed by atoms with Gasteiger partial charge in [0.1, 0.15) is 0 Å². The molecule has 0 bridgehead atoms. The zero-order valence-corrected chi connectivity index (χ0v) is 11.0. The van der Waals surface area contributed by atoms with Crippen molar-refractivity contribution in [3.05, 3.63) is 0 Å². The molecule has 0 aromatic heterocycles. The van der Waals surface area contributed by atoms with Crippen molar-refractivity contribution in [2.45, 2.75) is 31.2 Å². The summed E-state index contributed by atoms with van der Waals surface area (Å²) in [5.41, 5.74) is -0.0679. The van der Waals surface area contributed by atoms with E-state index in [0.29, 0.717) is 0 Å². The van der Waals surface area contributed by atoms with Gasteiger partial charge in [0.05, 0.1) is 6.61 Å². The number of nitrogens with one attached hydrogen (secondary N) is 1. The number of hydrogen-bond donors (Lipinski definition) is 2. The summed E-state index contributed by atoms with van der Waals surface area (Å²) < 4.78 is 5.37. The Hall–Kier alpha value is -0.160. The van der Waals surface area contributed by atoms with E-state index in [1.807, 2.05) is 0 Å². The summed E-state index contributed by atoms with van der Waals surface area (Å²) in [4.78, 5) is 2.40. The highest BCUT2D eigenvalue weighted by Gasteiger charge is 2.32. The first-order valence-electron chi connectivity index (χ1n) is 6.86. The number of piperidine rings is 1. The van der Waals surface area contributed by atoms with E-state index in [1.54, 1.807) is 0 Å². The molecule has 0 aliphatic carbocycles. The number of ether oxygens (including phenoxy) is 1. The number of nitrogens with zero attached hydrogens (tertiary/aromatic N) is 1. The Labute approximate surface area is 104 Å². The summed E-state index contributed by atoms with van der Waals surface area (Å²) in [5, 5.41) is 13.2. The van der Waals surface area contributed by atoms with Crippen LogP contribution < -0.4 is 5.32 Å². The van der Waals surface area contributed by atoms with E-state index in [-0.39, 0.29) is 12.1 Å². The van der Waals surface area contributed by atoms with Gasteiger partial charge in [-0.05, 0) is 58.3 Å². The van der Waals surface area contributed by atoms with Gasteiger partial charge in [-0.1, -0.05) is 0 Å². The molecule has 2 heterocycles. The Morgan fingerprint density at radius 3 is 2.53 bits per heavy atom. The Balaban J connectivity index is 1.75. The van der Waals surface area contributed by atoms with E-state index in [1.165, 1.54) is 25.9 Å². The Morgan fingerprint density at radius 2 is 1.94 bits per heavy atom. The predicted octanol–water partition coefficient (Wildman–Crippen LogP) is 0.459. The second-order valence-electron chi connectivity index (χ2n) is 5.68. The smallest absolute Gasteiger partial charge is 0.0615 e. The lowest BCUT2D eigenvalue weighted by molar-refractivity contribution is 0.00911. The van der Waals surface area contributed by atoms with Gasteiger partial charge in [-0.25, -0.2) is 0 Å². The predicted molar refractivity (Wildman–Crippen MR) is 68.1 cm³/mol. The summed E-state index contributed by atoms with van der Waals surface area (Å²) in [6.45, 7) is 5.27. The van der Waals surface area contributed by atoms with E-state index < -0.39 is 0 Å². The molecule has 0 aromatic carbocycles. The first-order valence-corrected chi connectivity index (χ1v) is 6.86. The van der Waals surface area contributed by atoms with Gasteiger partial charge in [-0.3, -0.25) is 0 Å². The minimum atomic E-state index is -0.0679. The molecule has 2 fully saturated rings. The van der Waals surface area contributed by atoms with Crippen LogP contribution in [0.25, 0.3) is 0 Å². The second kappa shape index (κ2) is 6.14. The normalized spacial score (nSPS) is 27.2. The highest BCUT2D eigenvalue weighted by molar-refractivity contribution is 4.90. The summed E-state index contributed by atoms with van der Waals surface area (Å²) in [7, 11) is 2.19. The zero-order valence-electron chi connectivity index (χ0n) is 11.0. The number of likely N-dealkylation sites (tertiary alicyclic amines) is 1. The maximum Gasteiger partial charge on any atom is 0.0615 e. The number of aliphatic hydroxyl groups excluding tert-OH is 1. The molecule has 4 heteroatoms. The topological polar surface area (TPSA) is 44.7 Å². The molecule has 0 aromatic rings. The van der Waals surface area contributed by atoms with Crippen LogP contribution in [0.3, 0.4) is 0 Å². The zero-order chi connectivity index (χ0) is 12.1. The van der Waals surface area contributed by atoms with Crippen molar-refractivity contribution in [2.75, 3.05) is 46.5 Å². The average Bonchev–Trinajstić information content (AvgIpc) is 2.39. The monoisotopic (exact) mass is 242 g/mol. The minimum absolute atomic E-state index is 0.0679. The minimum Gasteiger partial charge on any atom is -0.394 e. The maximum atomic E-state index is 9.59. The van der Waals surface area contributed by atoms with Crippen molar-refractivity contribution >= 4 is 0 Å². The van der Waals surface area contributed by atoms with Crippen molar-refractivity contribution in [2.24, 2.45) is 5.92 Å². The fourth-order valence-electron chi connectivity index (χ4n) is 2.78. The second-order valence-corrected chi connectivity index (χ2v) is 5.68. The molecule has 100 valence electrons. The SMILES string of the molecule is CN1CCC(CNC2(CO)CCOCC2)CC1. The third kappa shape index (κ3) is 3.65. The first kappa shape index (κ1) is 13.3. The van der Waals surface area contributed by atoms with E-state index in [9.17, 15) is 5.11 Å². The summed E-state index contributed by atoms with van der Waals surface area (Å²) in [6, 6.07) is 0. The summed E-state index contributed by atoms with van der Waals surface area (Å²) >= 11 is 0. The van der Waals surface area contributed by atoms with Crippen molar-refractivity contribution in [1.82, 2.24) is 10.2 Å². The average molecular weight is 242 g/mol. The standard InChI is InChI=1S/C13H26N2O2/c1-15-6-2-12(3-7-15)10-14-13(11-16)4-8-17-9-5-13/h12,14,16H,2-11H2,1H3. The van der Waals surface area contributed by atoms with Crippen LogP contribution >= 0.6 is 0 Å². The molecular weight excluding hydrogens is 216 g/mol. The van der Waals surface area contributed by atoms with Gasteiger partial charge >= 0.3 is 0 Å². The van der Waals surface area contributed by atoms with Crippen LogP contribution in [0.2, 0.25) is 0 Å². The van der Waals surface area contributed by atoms with Gasteiger partial charge < -0.3 is 20.1 Å². The molecule has 2 N–H and O–H groups in total. The third-order valence-corrected chi connectivity index (χ3v) is 4.36. The lowest BCUT2D eigenvalue weighted by Gasteiger charge is -2.39. The fraction of sp³-hybridized carbons (Fsp3) is 1.00. The van der Waals surface area contributed by atoms with E-state index in [2.05, 4.69) is 17.3 Å². The number of aliphatic hydroxyl groups is 1. The third-order valence-electron chi connectivity index (χ3n) is 4.36. The lowest BCUT2D eigenvalue weighted by Crippen LogP contribution is -2.54. The van der Waals surface area contributed by atoms with Gasteiger partial charge in [0.2, 0.25) is 0 Å². The molecule has 17 heavy (non-hydrogen) atoms. The molecule has 0 saturated carbocycles. The van der Waals surface area contributed by atoms with E-state index in [0.717, 1.165) is 38.5 Å². The van der Waals surface area contributed by atoms with Gasteiger partial charge in [-0.15, -0.1) is 0 Å². The molecule has 0 radical (unpaired) electrons. The first-order chi connectivity index (χ1) is 8.24. The fourth-order valence-corrected chi connectivity index (χ4v) is 2.78. The Bertz CT molecular complexity index is 221. The molecule has 4 nitrogen and oxygen atoms in total. The van der Waals surface area contributed by atoms with Crippen LogP contribution in [-0.4, -0.2) is 62.0 Å². The van der Waals surface area contributed by atoms with Gasteiger partial charge in [0.15, 0.2) is 0 Å². The Kier molecular flexibility index (Phi) is 4.79. The van der Waals surface area contributed by atoms with Gasteiger partial charge in [0, 0.05) is 18.8 Å². The van der Waals surface area contributed by atoms with Crippen LogP contribution in [0.1, 0.15) is 25.7 Å². The molecular formula is C13H26N2O2. The van der Waals surface area contributed by atoms with Gasteiger partial charge in [-0.2, -0.15) is 0 Å². The summed E-state index contributed by atoms with van der Waals surface area (Å²) in [6.07, 6.45) is 4.44. The van der Waals surface area contributed by atoms with Crippen LogP contribution in [-0.2, 0) is 4.74 Å². The Morgan fingerprint density at radius 1 is 1.29 bits per heavy atom. The van der Waals surface area contributed by atoms with E-state index in [4.69, 9.17) is 4.74 Å².